The number of imidazole rings is 1. The van der Waals surface area contributed by atoms with Gasteiger partial charge in [0.05, 0.1) is 16.6 Å². The molecule has 1 N–H and O–H groups in total. The van der Waals surface area contributed by atoms with E-state index in [4.69, 9.17) is 0 Å². The Labute approximate surface area is 131 Å². The Hall–Kier alpha value is -1.27. The summed E-state index contributed by atoms with van der Waals surface area (Å²) in [5.41, 5.74) is 1.11. The van der Waals surface area contributed by atoms with Crippen molar-refractivity contribution >= 4 is 11.5 Å². The summed E-state index contributed by atoms with van der Waals surface area (Å²) < 4.78 is 6.40. The number of nitrogens with one attached hydrogen (secondary N) is 1. The maximum absolute atomic E-state index is 4.53. The van der Waals surface area contributed by atoms with Crippen LogP contribution >= 0.6 is 11.5 Å². The van der Waals surface area contributed by atoms with Gasteiger partial charge in [-0.1, -0.05) is 32.2 Å². The van der Waals surface area contributed by atoms with Crippen LogP contribution in [0.1, 0.15) is 62.5 Å². The number of hydrogen-bond donors (Lipinski definition) is 1. The highest BCUT2D eigenvalue weighted by molar-refractivity contribution is 7.05. The summed E-state index contributed by atoms with van der Waals surface area (Å²) in [6, 6.07) is 0.241. The normalized spacial score (nSPS) is 13.0. The van der Waals surface area contributed by atoms with E-state index in [1.54, 1.807) is 0 Å². The summed E-state index contributed by atoms with van der Waals surface area (Å²) in [7, 11) is 0. The van der Waals surface area contributed by atoms with Gasteiger partial charge in [0, 0.05) is 25.4 Å². The van der Waals surface area contributed by atoms with Crippen molar-refractivity contribution in [3.05, 3.63) is 28.8 Å². The van der Waals surface area contributed by atoms with Crippen LogP contribution in [-0.2, 0) is 13.0 Å². The Kier molecular flexibility index (Phi) is 5.87. The summed E-state index contributed by atoms with van der Waals surface area (Å²) in [4.78, 5) is 5.78. The largest absolute Gasteiger partial charge is 0.335 e. The van der Waals surface area contributed by atoms with Gasteiger partial charge >= 0.3 is 0 Å². The molecule has 0 aliphatic carbocycles. The maximum Gasteiger partial charge on any atom is 0.110 e. The minimum Gasteiger partial charge on any atom is -0.335 e. The molecular formula is C15H25N5S. The predicted molar refractivity (Wildman–Crippen MR) is 86.6 cm³/mol. The molecule has 6 heteroatoms. The zero-order valence-electron chi connectivity index (χ0n) is 13.3. The van der Waals surface area contributed by atoms with E-state index in [-0.39, 0.29) is 6.04 Å². The molecule has 21 heavy (non-hydrogen) atoms. The van der Waals surface area contributed by atoms with Crippen molar-refractivity contribution in [2.75, 3.05) is 6.54 Å². The minimum absolute atomic E-state index is 0.241. The summed E-state index contributed by atoms with van der Waals surface area (Å²) in [6.07, 6.45) is 5.96. The van der Waals surface area contributed by atoms with Crippen molar-refractivity contribution in [3.63, 3.8) is 0 Å². The molecule has 5 nitrogen and oxygen atoms in total. The van der Waals surface area contributed by atoms with Crippen LogP contribution in [0, 0.1) is 0 Å². The highest BCUT2D eigenvalue weighted by atomic mass is 32.1. The SMILES string of the molecule is CCCn1ccnc1CC(NCC)c1snnc1C(C)C. The van der Waals surface area contributed by atoms with E-state index in [9.17, 15) is 0 Å². The van der Waals surface area contributed by atoms with Crippen LogP contribution in [-0.4, -0.2) is 25.7 Å². The Morgan fingerprint density at radius 2 is 2.14 bits per heavy atom. The fourth-order valence-corrected chi connectivity index (χ4v) is 3.39. The standard InChI is InChI=1S/C15H25N5S/c1-5-8-20-9-7-17-13(20)10-12(16-6-2)15-14(11(3)4)18-19-21-15/h7,9,11-12,16H,5-6,8,10H2,1-4H3. The molecule has 116 valence electrons. The second-order valence-electron chi connectivity index (χ2n) is 5.53. The average molecular weight is 307 g/mol. The van der Waals surface area contributed by atoms with Crippen LogP contribution in [0.25, 0.3) is 0 Å². The van der Waals surface area contributed by atoms with Gasteiger partial charge in [-0.3, -0.25) is 0 Å². The van der Waals surface area contributed by atoms with Gasteiger partial charge in [0.2, 0.25) is 0 Å². The molecule has 0 radical (unpaired) electrons. The summed E-state index contributed by atoms with van der Waals surface area (Å²) >= 11 is 1.51. The molecule has 2 aromatic rings. The number of hydrogen-bond acceptors (Lipinski definition) is 5. The van der Waals surface area contributed by atoms with Crippen LogP contribution in [0.5, 0.6) is 0 Å². The van der Waals surface area contributed by atoms with Crippen molar-refractivity contribution in [1.82, 2.24) is 24.5 Å². The maximum atomic E-state index is 4.53. The molecule has 0 saturated carbocycles. The zero-order chi connectivity index (χ0) is 15.2. The van der Waals surface area contributed by atoms with Gasteiger partial charge < -0.3 is 9.88 Å². The molecule has 1 atom stereocenters. The first-order chi connectivity index (χ1) is 10.2. The van der Waals surface area contributed by atoms with Gasteiger partial charge in [-0.15, -0.1) is 5.10 Å². The van der Waals surface area contributed by atoms with Crippen molar-refractivity contribution in [3.8, 4) is 0 Å². The lowest BCUT2D eigenvalue weighted by atomic mass is 10.0. The number of aromatic nitrogens is 4. The van der Waals surface area contributed by atoms with E-state index in [0.717, 1.165) is 37.4 Å². The predicted octanol–water partition coefficient (Wildman–Crippen LogP) is 3.16. The van der Waals surface area contributed by atoms with Crippen molar-refractivity contribution in [1.29, 1.82) is 0 Å². The fraction of sp³-hybridized carbons (Fsp3) is 0.667. The second-order valence-corrected chi connectivity index (χ2v) is 6.31. The molecule has 0 saturated heterocycles. The van der Waals surface area contributed by atoms with E-state index in [1.807, 2.05) is 6.20 Å². The third kappa shape index (κ3) is 3.89. The summed E-state index contributed by atoms with van der Waals surface area (Å²) in [5.74, 6) is 1.53. The van der Waals surface area contributed by atoms with Crippen molar-refractivity contribution < 1.29 is 0 Å². The van der Waals surface area contributed by atoms with Gasteiger partial charge in [0.15, 0.2) is 0 Å². The quantitative estimate of drug-likeness (QED) is 0.814. The molecule has 2 aromatic heterocycles. The molecule has 1 unspecified atom stereocenters. The zero-order valence-corrected chi connectivity index (χ0v) is 14.2. The summed E-state index contributed by atoms with van der Waals surface area (Å²) in [5, 5.41) is 7.87. The Bertz CT molecular complexity index is 546. The molecule has 2 heterocycles. The molecule has 0 fully saturated rings. The van der Waals surface area contributed by atoms with Crippen molar-refractivity contribution in [2.45, 2.75) is 59.0 Å². The lowest BCUT2D eigenvalue weighted by Crippen LogP contribution is -2.24. The highest BCUT2D eigenvalue weighted by Crippen LogP contribution is 2.28. The first-order valence-electron chi connectivity index (χ1n) is 7.72. The highest BCUT2D eigenvalue weighted by Gasteiger charge is 2.22. The molecular weight excluding hydrogens is 282 g/mol. The first-order valence-corrected chi connectivity index (χ1v) is 8.50. The van der Waals surface area contributed by atoms with Gasteiger partial charge in [0.1, 0.15) is 5.82 Å². The van der Waals surface area contributed by atoms with E-state index >= 15 is 0 Å². The molecule has 2 rings (SSSR count). The van der Waals surface area contributed by atoms with Gasteiger partial charge in [0.25, 0.3) is 0 Å². The minimum atomic E-state index is 0.241. The van der Waals surface area contributed by atoms with Crippen LogP contribution in [0.2, 0.25) is 0 Å². The van der Waals surface area contributed by atoms with Gasteiger partial charge in [-0.05, 0) is 30.4 Å². The number of rotatable bonds is 8. The van der Waals surface area contributed by atoms with Gasteiger partial charge in [-0.25, -0.2) is 4.98 Å². The van der Waals surface area contributed by atoms with E-state index < -0.39 is 0 Å². The van der Waals surface area contributed by atoms with Crippen LogP contribution in [0.4, 0.5) is 0 Å². The second kappa shape index (κ2) is 7.66. The molecule has 0 amide bonds. The lowest BCUT2D eigenvalue weighted by Gasteiger charge is -2.18. The smallest absolute Gasteiger partial charge is 0.110 e. The molecule has 0 aliphatic heterocycles. The molecule has 0 aliphatic rings. The fourth-order valence-electron chi connectivity index (χ4n) is 2.51. The van der Waals surface area contributed by atoms with Crippen LogP contribution < -0.4 is 5.32 Å². The average Bonchev–Trinajstić information content (AvgIpc) is 3.08. The number of likely N-dealkylation sites (N-methyl/N-ethyl adjacent to an activating group) is 1. The van der Waals surface area contributed by atoms with E-state index in [2.05, 4.69) is 58.3 Å². The van der Waals surface area contributed by atoms with E-state index in [0.29, 0.717) is 5.92 Å². The lowest BCUT2D eigenvalue weighted by molar-refractivity contribution is 0.516. The number of aryl methyl sites for hydroxylation is 1. The van der Waals surface area contributed by atoms with E-state index in [1.165, 1.54) is 16.4 Å². The Morgan fingerprint density at radius 3 is 2.81 bits per heavy atom. The van der Waals surface area contributed by atoms with Crippen LogP contribution in [0.3, 0.4) is 0 Å². The molecule has 0 aromatic carbocycles. The van der Waals surface area contributed by atoms with Crippen LogP contribution in [0.15, 0.2) is 12.4 Å². The molecule has 0 spiro atoms. The summed E-state index contributed by atoms with van der Waals surface area (Å²) in [6.45, 7) is 10.6. The Morgan fingerprint density at radius 1 is 1.33 bits per heavy atom. The van der Waals surface area contributed by atoms with Crippen molar-refractivity contribution in [2.24, 2.45) is 0 Å². The monoisotopic (exact) mass is 307 g/mol. The third-order valence-electron chi connectivity index (χ3n) is 3.51. The van der Waals surface area contributed by atoms with Gasteiger partial charge in [-0.2, -0.15) is 0 Å². The topological polar surface area (TPSA) is 55.6 Å². The Balaban J connectivity index is 2.22. The molecule has 0 bridgehead atoms. The number of nitrogens with zero attached hydrogens (tertiary/aromatic N) is 4. The first kappa shape index (κ1) is 16.1. The third-order valence-corrected chi connectivity index (χ3v) is 4.36.